The molecule has 3 heterocycles. The Hall–Kier alpha value is -3.07. The topological polar surface area (TPSA) is 88.8 Å². The van der Waals surface area contributed by atoms with Crippen molar-refractivity contribution in [3.63, 3.8) is 0 Å². The Balaban J connectivity index is 1.80. The molecule has 2 aromatic heterocycles. The number of fused-ring (bicyclic) bond motifs is 2. The molecule has 0 unspecified atom stereocenters. The molecule has 0 radical (unpaired) electrons. The predicted octanol–water partition coefficient (Wildman–Crippen LogP) is 1.49. The lowest BCUT2D eigenvalue weighted by molar-refractivity contribution is 0.0864. The molecule has 9 heteroatoms. The average Bonchev–Trinajstić information content (AvgIpc) is 2.75. The Morgan fingerprint density at radius 2 is 1.88 bits per heavy atom. The second-order valence-electron chi connectivity index (χ2n) is 5.90. The first-order valence-electron chi connectivity index (χ1n) is 7.64. The van der Waals surface area contributed by atoms with Gasteiger partial charge in [0.15, 0.2) is 0 Å². The van der Waals surface area contributed by atoms with Gasteiger partial charge in [0.1, 0.15) is 16.4 Å². The number of benzene rings is 1. The molecule has 7 nitrogen and oxygen atoms in total. The molecule has 0 spiro atoms. The minimum Gasteiger partial charge on any atom is -0.269 e. The number of aromatic nitrogens is 2. The van der Waals surface area contributed by atoms with Gasteiger partial charge in [-0.05, 0) is 37.3 Å². The number of hydrogen-bond acceptors (Lipinski definition) is 5. The summed E-state index contributed by atoms with van der Waals surface area (Å²) in [4.78, 5) is 28.7. The maximum absolute atomic E-state index is 13.4. The van der Waals surface area contributed by atoms with Crippen molar-refractivity contribution in [2.24, 2.45) is 0 Å². The molecule has 0 bridgehead atoms. The standard InChI is InChI=1S/C17H12FN3O4S/c1-10-3-2-4-15-19-12(8-16(22)21(10)15)9-20-17(23)13-6-5-11(18)7-14(13)26(20,24)25/h2-8H,9H2,1H3. The summed E-state index contributed by atoms with van der Waals surface area (Å²) >= 11 is 0. The summed E-state index contributed by atoms with van der Waals surface area (Å²) in [7, 11) is -4.20. The summed E-state index contributed by atoms with van der Waals surface area (Å²) < 4.78 is 40.5. The van der Waals surface area contributed by atoms with Crippen LogP contribution in [-0.4, -0.2) is 28.0 Å². The highest BCUT2D eigenvalue weighted by Gasteiger charge is 2.41. The van der Waals surface area contributed by atoms with Crippen LogP contribution < -0.4 is 5.56 Å². The van der Waals surface area contributed by atoms with Crippen LogP contribution in [0.15, 0.2) is 52.2 Å². The van der Waals surface area contributed by atoms with E-state index in [0.29, 0.717) is 15.6 Å². The molecular formula is C17H12FN3O4S. The smallest absolute Gasteiger partial charge is 0.269 e. The van der Waals surface area contributed by atoms with Crippen molar-refractivity contribution >= 4 is 21.6 Å². The fourth-order valence-corrected chi connectivity index (χ4v) is 4.55. The number of carbonyl (C=O) groups is 1. The third-order valence-electron chi connectivity index (χ3n) is 4.21. The second-order valence-corrected chi connectivity index (χ2v) is 7.73. The maximum atomic E-state index is 13.4. The summed E-state index contributed by atoms with van der Waals surface area (Å²) in [5.74, 6) is -1.52. The van der Waals surface area contributed by atoms with E-state index in [9.17, 15) is 22.4 Å². The van der Waals surface area contributed by atoms with Crippen molar-refractivity contribution in [3.8, 4) is 0 Å². The SMILES string of the molecule is Cc1cccc2nc(CN3C(=O)c4ccc(F)cc4S3(=O)=O)cc(=O)n12. The van der Waals surface area contributed by atoms with E-state index in [1.807, 2.05) is 0 Å². The quantitative estimate of drug-likeness (QED) is 0.679. The Kier molecular flexibility index (Phi) is 3.45. The van der Waals surface area contributed by atoms with Crippen LogP contribution in [0, 0.1) is 12.7 Å². The Bertz CT molecular complexity index is 1250. The van der Waals surface area contributed by atoms with E-state index < -0.39 is 28.3 Å². The monoisotopic (exact) mass is 373 g/mol. The lowest BCUT2D eigenvalue weighted by atomic mass is 10.2. The van der Waals surface area contributed by atoms with Crippen molar-refractivity contribution in [3.05, 3.63) is 75.6 Å². The highest BCUT2D eigenvalue weighted by molar-refractivity contribution is 7.90. The summed E-state index contributed by atoms with van der Waals surface area (Å²) in [6, 6.07) is 9.24. The number of hydrogen-bond donors (Lipinski definition) is 0. The Labute approximate surface area is 147 Å². The third-order valence-corrected chi connectivity index (χ3v) is 5.98. The van der Waals surface area contributed by atoms with Crippen LogP contribution in [0.5, 0.6) is 0 Å². The van der Waals surface area contributed by atoms with Crippen LogP contribution in [0.25, 0.3) is 5.65 Å². The van der Waals surface area contributed by atoms with Gasteiger partial charge >= 0.3 is 0 Å². The first-order valence-corrected chi connectivity index (χ1v) is 9.08. The average molecular weight is 373 g/mol. The number of rotatable bonds is 2. The van der Waals surface area contributed by atoms with Crippen LogP contribution in [-0.2, 0) is 16.6 Å². The van der Waals surface area contributed by atoms with Crippen molar-refractivity contribution in [1.29, 1.82) is 0 Å². The fourth-order valence-electron chi connectivity index (χ4n) is 3.00. The van der Waals surface area contributed by atoms with Gasteiger partial charge in [-0.25, -0.2) is 22.1 Å². The number of pyridine rings is 1. The second kappa shape index (κ2) is 5.46. The van der Waals surface area contributed by atoms with E-state index in [1.165, 1.54) is 10.5 Å². The van der Waals surface area contributed by atoms with Crippen molar-refractivity contribution in [2.75, 3.05) is 0 Å². The van der Waals surface area contributed by atoms with Crippen molar-refractivity contribution in [2.45, 2.75) is 18.4 Å². The van der Waals surface area contributed by atoms with E-state index in [0.717, 1.165) is 18.2 Å². The molecule has 0 saturated carbocycles. The molecule has 0 aliphatic carbocycles. The van der Waals surface area contributed by atoms with Gasteiger partial charge in [-0.15, -0.1) is 0 Å². The third kappa shape index (κ3) is 2.31. The zero-order valence-corrected chi connectivity index (χ0v) is 14.3. The van der Waals surface area contributed by atoms with Crippen LogP contribution in [0.1, 0.15) is 21.7 Å². The summed E-state index contributed by atoms with van der Waals surface area (Å²) in [5.41, 5.74) is 0.681. The highest BCUT2D eigenvalue weighted by atomic mass is 32.2. The zero-order chi connectivity index (χ0) is 18.6. The maximum Gasteiger partial charge on any atom is 0.269 e. The number of sulfonamides is 1. The number of amides is 1. The summed E-state index contributed by atoms with van der Waals surface area (Å²) in [6.45, 7) is 1.34. The molecule has 132 valence electrons. The number of carbonyl (C=O) groups excluding carboxylic acids is 1. The van der Waals surface area contributed by atoms with Crippen LogP contribution >= 0.6 is 0 Å². The van der Waals surface area contributed by atoms with Gasteiger partial charge in [0.25, 0.3) is 21.5 Å². The minimum atomic E-state index is -4.20. The van der Waals surface area contributed by atoms with Gasteiger partial charge in [0.05, 0.1) is 17.8 Å². The molecule has 0 atom stereocenters. The van der Waals surface area contributed by atoms with Gasteiger partial charge in [-0.1, -0.05) is 6.07 Å². The predicted molar refractivity (Wildman–Crippen MR) is 89.7 cm³/mol. The minimum absolute atomic E-state index is 0.0974. The van der Waals surface area contributed by atoms with Crippen LogP contribution in [0.2, 0.25) is 0 Å². The highest BCUT2D eigenvalue weighted by Crippen LogP contribution is 2.31. The van der Waals surface area contributed by atoms with E-state index in [-0.39, 0.29) is 21.7 Å². The van der Waals surface area contributed by atoms with Gasteiger partial charge < -0.3 is 0 Å². The number of aryl methyl sites for hydroxylation is 1. The van der Waals surface area contributed by atoms with E-state index in [1.54, 1.807) is 25.1 Å². The molecule has 0 fully saturated rings. The number of nitrogens with zero attached hydrogens (tertiary/aromatic N) is 3. The summed E-state index contributed by atoms with van der Waals surface area (Å²) in [5, 5.41) is 0. The zero-order valence-electron chi connectivity index (χ0n) is 13.5. The molecule has 1 aliphatic heterocycles. The van der Waals surface area contributed by atoms with Crippen molar-refractivity contribution < 1.29 is 17.6 Å². The Morgan fingerprint density at radius 3 is 2.65 bits per heavy atom. The molecule has 0 N–H and O–H groups in total. The van der Waals surface area contributed by atoms with Crippen molar-refractivity contribution in [1.82, 2.24) is 13.7 Å². The molecule has 4 rings (SSSR count). The van der Waals surface area contributed by atoms with E-state index in [2.05, 4.69) is 4.98 Å². The molecule has 0 saturated heterocycles. The normalized spacial score (nSPS) is 15.5. The van der Waals surface area contributed by atoms with Gasteiger partial charge in [-0.2, -0.15) is 0 Å². The van der Waals surface area contributed by atoms with Gasteiger partial charge in [-0.3, -0.25) is 14.0 Å². The van der Waals surface area contributed by atoms with E-state index >= 15 is 0 Å². The molecular weight excluding hydrogens is 361 g/mol. The fraction of sp³-hybridized carbons (Fsp3) is 0.118. The lowest BCUT2D eigenvalue weighted by Crippen LogP contribution is -2.31. The van der Waals surface area contributed by atoms with Gasteiger partial charge in [0.2, 0.25) is 0 Å². The first-order chi connectivity index (χ1) is 12.3. The largest absolute Gasteiger partial charge is 0.269 e. The molecule has 3 aromatic rings. The first kappa shape index (κ1) is 16.4. The van der Waals surface area contributed by atoms with Crippen LogP contribution in [0.4, 0.5) is 4.39 Å². The molecule has 26 heavy (non-hydrogen) atoms. The van der Waals surface area contributed by atoms with E-state index in [4.69, 9.17) is 0 Å². The molecule has 1 aliphatic rings. The van der Waals surface area contributed by atoms with Crippen LogP contribution in [0.3, 0.4) is 0 Å². The van der Waals surface area contributed by atoms with Gasteiger partial charge in [0, 0.05) is 11.8 Å². The Morgan fingerprint density at radius 1 is 1.12 bits per heavy atom. The lowest BCUT2D eigenvalue weighted by Gasteiger charge is -2.15. The molecule has 1 aromatic carbocycles. The summed E-state index contributed by atoms with van der Waals surface area (Å²) in [6.07, 6.45) is 0. The number of halogens is 1. The molecule has 1 amide bonds.